The predicted molar refractivity (Wildman–Crippen MR) is 73.6 cm³/mol. The molecule has 0 bridgehead atoms. The minimum Gasteiger partial charge on any atom is -0.389 e. The fourth-order valence-electron chi connectivity index (χ4n) is 1.70. The van der Waals surface area contributed by atoms with Crippen LogP contribution in [0.15, 0.2) is 24.3 Å². The first-order valence-corrected chi connectivity index (χ1v) is 6.19. The number of nitrogens with zero attached hydrogens (tertiary/aromatic N) is 1. The highest BCUT2D eigenvalue weighted by Gasteiger charge is 2.02. The number of rotatable bonds is 6. The van der Waals surface area contributed by atoms with E-state index in [4.69, 9.17) is 18.0 Å². The number of hydrogen-bond acceptors (Lipinski definition) is 2. The van der Waals surface area contributed by atoms with E-state index in [0.29, 0.717) is 4.99 Å². The predicted octanol–water partition coefficient (Wildman–Crippen LogP) is 2.55. The second-order valence-electron chi connectivity index (χ2n) is 3.93. The molecule has 1 rings (SSSR count). The molecule has 3 heteroatoms. The van der Waals surface area contributed by atoms with E-state index in [1.54, 1.807) is 0 Å². The van der Waals surface area contributed by atoms with Gasteiger partial charge in [-0.1, -0.05) is 50.3 Å². The average molecular weight is 236 g/mol. The van der Waals surface area contributed by atoms with Gasteiger partial charge in [0, 0.05) is 12.1 Å². The van der Waals surface area contributed by atoms with Crippen molar-refractivity contribution < 1.29 is 0 Å². The van der Waals surface area contributed by atoms with Gasteiger partial charge < -0.3 is 5.73 Å². The largest absolute Gasteiger partial charge is 0.389 e. The van der Waals surface area contributed by atoms with Gasteiger partial charge in [0.2, 0.25) is 0 Å². The minimum absolute atomic E-state index is 0.465. The smallest absolute Gasteiger partial charge is 0.103 e. The number of hydrogen-bond donors (Lipinski definition) is 1. The standard InChI is InChI=1S/C13H20N2S/c1-3-9-15(4-2)10-11-5-7-12(8-6-11)13(14)16/h5-8H,3-4,9-10H2,1-2H3,(H2,14,16). The maximum Gasteiger partial charge on any atom is 0.103 e. The third kappa shape index (κ3) is 3.91. The first kappa shape index (κ1) is 13.1. The van der Waals surface area contributed by atoms with Gasteiger partial charge in [-0.05, 0) is 25.1 Å². The Morgan fingerprint density at radius 2 is 1.88 bits per heavy atom. The Balaban J connectivity index is 2.63. The van der Waals surface area contributed by atoms with Gasteiger partial charge in [0.15, 0.2) is 0 Å². The topological polar surface area (TPSA) is 29.3 Å². The Morgan fingerprint density at radius 3 is 2.31 bits per heavy atom. The summed E-state index contributed by atoms with van der Waals surface area (Å²) in [7, 11) is 0. The lowest BCUT2D eigenvalue weighted by Crippen LogP contribution is -2.23. The molecule has 2 nitrogen and oxygen atoms in total. The zero-order chi connectivity index (χ0) is 12.0. The molecule has 0 saturated carbocycles. The first-order chi connectivity index (χ1) is 7.67. The van der Waals surface area contributed by atoms with Crippen molar-refractivity contribution in [2.75, 3.05) is 13.1 Å². The van der Waals surface area contributed by atoms with Crippen LogP contribution < -0.4 is 5.73 Å². The number of thiocarbonyl (C=S) groups is 1. The van der Waals surface area contributed by atoms with Crippen molar-refractivity contribution in [3.8, 4) is 0 Å². The second kappa shape index (κ2) is 6.61. The zero-order valence-electron chi connectivity index (χ0n) is 10.1. The molecule has 0 atom stereocenters. The van der Waals surface area contributed by atoms with E-state index >= 15 is 0 Å². The van der Waals surface area contributed by atoms with Crippen LogP contribution in [-0.4, -0.2) is 23.0 Å². The molecule has 2 N–H and O–H groups in total. The molecule has 0 spiro atoms. The van der Waals surface area contributed by atoms with Crippen molar-refractivity contribution >= 4 is 17.2 Å². The third-order valence-corrected chi connectivity index (χ3v) is 2.87. The SMILES string of the molecule is CCCN(CC)Cc1ccc(C(N)=S)cc1. The summed E-state index contributed by atoms with van der Waals surface area (Å²) in [5.74, 6) is 0. The molecule has 0 aromatic heterocycles. The maximum absolute atomic E-state index is 5.56. The summed E-state index contributed by atoms with van der Waals surface area (Å²) in [4.78, 5) is 2.89. The molecule has 0 heterocycles. The van der Waals surface area contributed by atoms with Crippen molar-refractivity contribution in [3.05, 3.63) is 35.4 Å². The van der Waals surface area contributed by atoms with Gasteiger partial charge in [0.1, 0.15) is 4.99 Å². The maximum atomic E-state index is 5.56. The normalized spacial score (nSPS) is 10.7. The van der Waals surface area contributed by atoms with E-state index in [9.17, 15) is 0 Å². The van der Waals surface area contributed by atoms with Crippen LogP contribution in [0.25, 0.3) is 0 Å². The van der Waals surface area contributed by atoms with E-state index in [1.807, 2.05) is 12.1 Å². The molecular formula is C13H20N2S. The van der Waals surface area contributed by atoms with E-state index in [-0.39, 0.29) is 0 Å². The van der Waals surface area contributed by atoms with Gasteiger partial charge in [-0.25, -0.2) is 0 Å². The summed E-state index contributed by atoms with van der Waals surface area (Å²) < 4.78 is 0. The van der Waals surface area contributed by atoms with Crippen LogP contribution in [0, 0.1) is 0 Å². The van der Waals surface area contributed by atoms with E-state index in [1.165, 1.54) is 12.0 Å². The van der Waals surface area contributed by atoms with Crippen LogP contribution in [0.3, 0.4) is 0 Å². The molecule has 1 aromatic carbocycles. The van der Waals surface area contributed by atoms with Crippen LogP contribution in [0.4, 0.5) is 0 Å². The van der Waals surface area contributed by atoms with Gasteiger partial charge in [-0.3, -0.25) is 4.90 Å². The van der Waals surface area contributed by atoms with E-state index in [2.05, 4.69) is 30.9 Å². The highest BCUT2D eigenvalue weighted by atomic mass is 32.1. The van der Waals surface area contributed by atoms with Crippen molar-refractivity contribution in [1.29, 1.82) is 0 Å². The first-order valence-electron chi connectivity index (χ1n) is 5.78. The summed E-state index contributed by atoms with van der Waals surface area (Å²) in [6.07, 6.45) is 1.19. The second-order valence-corrected chi connectivity index (χ2v) is 4.37. The Bertz CT molecular complexity index is 332. The minimum atomic E-state index is 0.465. The molecule has 0 radical (unpaired) electrons. The average Bonchev–Trinajstić information content (AvgIpc) is 2.29. The van der Waals surface area contributed by atoms with Crippen LogP contribution in [0.5, 0.6) is 0 Å². The van der Waals surface area contributed by atoms with Gasteiger partial charge in [-0.15, -0.1) is 0 Å². The van der Waals surface area contributed by atoms with Gasteiger partial charge in [0.25, 0.3) is 0 Å². The zero-order valence-corrected chi connectivity index (χ0v) is 10.9. The summed E-state index contributed by atoms with van der Waals surface area (Å²) >= 11 is 4.92. The molecule has 16 heavy (non-hydrogen) atoms. The molecule has 1 aromatic rings. The number of nitrogens with two attached hydrogens (primary N) is 1. The molecule has 0 aliphatic carbocycles. The number of benzene rings is 1. The summed E-state index contributed by atoms with van der Waals surface area (Å²) in [6.45, 7) is 7.64. The van der Waals surface area contributed by atoms with Crippen molar-refractivity contribution in [2.45, 2.75) is 26.8 Å². The van der Waals surface area contributed by atoms with Gasteiger partial charge in [-0.2, -0.15) is 0 Å². The molecule has 0 aliphatic rings. The fraction of sp³-hybridized carbons (Fsp3) is 0.462. The lowest BCUT2D eigenvalue weighted by Gasteiger charge is -2.19. The molecule has 0 fully saturated rings. The molecule has 88 valence electrons. The van der Waals surface area contributed by atoms with Crippen molar-refractivity contribution in [2.24, 2.45) is 5.73 Å². The Morgan fingerprint density at radius 1 is 1.25 bits per heavy atom. The monoisotopic (exact) mass is 236 g/mol. The van der Waals surface area contributed by atoms with Crippen LogP contribution in [-0.2, 0) is 6.54 Å². The van der Waals surface area contributed by atoms with Crippen LogP contribution in [0.1, 0.15) is 31.4 Å². The summed E-state index contributed by atoms with van der Waals surface area (Å²) in [6, 6.07) is 8.20. The molecular weight excluding hydrogens is 216 g/mol. The molecule has 0 saturated heterocycles. The Labute approximate surface area is 103 Å². The quantitative estimate of drug-likeness (QED) is 0.770. The molecule has 0 unspecified atom stereocenters. The highest BCUT2D eigenvalue weighted by Crippen LogP contribution is 2.08. The van der Waals surface area contributed by atoms with Crippen molar-refractivity contribution in [3.63, 3.8) is 0 Å². The molecule has 0 aliphatic heterocycles. The van der Waals surface area contributed by atoms with E-state index in [0.717, 1.165) is 25.2 Å². The lowest BCUT2D eigenvalue weighted by atomic mass is 10.1. The van der Waals surface area contributed by atoms with Gasteiger partial charge in [0.05, 0.1) is 0 Å². The van der Waals surface area contributed by atoms with E-state index < -0.39 is 0 Å². The lowest BCUT2D eigenvalue weighted by molar-refractivity contribution is 0.280. The van der Waals surface area contributed by atoms with Crippen molar-refractivity contribution in [1.82, 2.24) is 4.90 Å². The highest BCUT2D eigenvalue weighted by molar-refractivity contribution is 7.80. The Kier molecular flexibility index (Phi) is 5.43. The van der Waals surface area contributed by atoms with Gasteiger partial charge >= 0.3 is 0 Å². The summed E-state index contributed by atoms with van der Waals surface area (Å²) in [5.41, 5.74) is 7.82. The fourth-order valence-corrected chi connectivity index (χ4v) is 1.83. The van der Waals surface area contributed by atoms with Crippen LogP contribution in [0.2, 0.25) is 0 Å². The van der Waals surface area contributed by atoms with Crippen LogP contribution >= 0.6 is 12.2 Å². The molecule has 0 amide bonds. The summed E-state index contributed by atoms with van der Waals surface area (Å²) in [5, 5.41) is 0. The Hall–Kier alpha value is -0.930. The third-order valence-electron chi connectivity index (χ3n) is 2.63.